The normalized spacial score (nSPS) is 14.5. The number of carbonyl (C=O) groups excluding carboxylic acids is 1. The number of rotatable bonds is 0. The van der Waals surface area contributed by atoms with Gasteiger partial charge < -0.3 is 10.2 Å². The predicted molar refractivity (Wildman–Crippen MR) is 55.9 cm³/mol. The topological polar surface area (TPSA) is 80.0 Å². The minimum Gasteiger partial charge on any atom is -0.444 e. The van der Waals surface area contributed by atoms with Crippen LogP contribution in [0.3, 0.4) is 0 Å². The molecule has 0 bridgehead atoms. The summed E-state index contributed by atoms with van der Waals surface area (Å²) in [5.41, 5.74) is 6.01. The molecule has 0 saturated carbocycles. The molecule has 15 heavy (non-hydrogen) atoms. The van der Waals surface area contributed by atoms with Crippen LogP contribution in [0.1, 0.15) is 34.5 Å². The minimum atomic E-state index is -0.0542. The Kier molecular flexibility index (Phi) is 2.29. The number of Topliss-reactive ketones (excluding diaryl/α,β-unsaturated/α-hetero) is 1. The first-order chi connectivity index (χ1) is 7.15. The third-order valence-electron chi connectivity index (χ3n) is 2.41. The van der Waals surface area contributed by atoms with Crippen LogP contribution < -0.4 is 5.73 Å². The molecule has 0 radical (unpaired) electrons. The summed E-state index contributed by atoms with van der Waals surface area (Å²) in [5, 5.41) is 8.82. The van der Waals surface area contributed by atoms with Crippen LogP contribution in [0.2, 0.25) is 0 Å². The SMILES string of the molecule is N#Cc1c(N)oc2c(c1=S)C(=O)CCC2. The van der Waals surface area contributed by atoms with E-state index in [2.05, 4.69) is 0 Å². The number of carbonyl (C=O) groups is 1. The Morgan fingerprint density at radius 3 is 2.87 bits per heavy atom. The van der Waals surface area contributed by atoms with E-state index in [1.165, 1.54) is 0 Å². The van der Waals surface area contributed by atoms with Crippen molar-refractivity contribution in [1.29, 1.82) is 5.26 Å². The highest BCUT2D eigenvalue weighted by molar-refractivity contribution is 7.71. The van der Waals surface area contributed by atoms with Crippen LogP contribution in [0.5, 0.6) is 0 Å². The van der Waals surface area contributed by atoms with E-state index >= 15 is 0 Å². The van der Waals surface area contributed by atoms with Gasteiger partial charge in [-0.25, -0.2) is 0 Å². The van der Waals surface area contributed by atoms with Gasteiger partial charge in [-0.3, -0.25) is 4.79 Å². The van der Waals surface area contributed by atoms with E-state index in [-0.39, 0.29) is 21.7 Å². The molecule has 1 aliphatic rings. The van der Waals surface area contributed by atoms with Crippen molar-refractivity contribution in [3.63, 3.8) is 0 Å². The molecule has 1 heterocycles. The first-order valence-electron chi connectivity index (χ1n) is 4.54. The van der Waals surface area contributed by atoms with Gasteiger partial charge in [0.2, 0.25) is 5.88 Å². The van der Waals surface area contributed by atoms with Crippen LogP contribution in [-0.4, -0.2) is 5.78 Å². The average Bonchev–Trinajstić information content (AvgIpc) is 2.17. The third-order valence-corrected chi connectivity index (χ3v) is 2.82. The molecule has 1 aliphatic carbocycles. The second-order valence-electron chi connectivity index (χ2n) is 3.36. The molecule has 0 spiro atoms. The lowest BCUT2D eigenvalue weighted by atomic mass is 9.95. The summed E-state index contributed by atoms with van der Waals surface area (Å²) in [6.45, 7) is 0. The van der Waals surface area contributed by atoms with Crippen molar-refractivity contribution in [1.82, 2.24) is 0 Å². The van der Waals surface area contributed by atoms with Gasteiger partial charge in [0.05, 0.1) is 10.1 Å². The van der Waals surface area contributed by atoms with Crippen molar-refractivity contribution in [3.05, 3.63) is 21.4 Å². The van der Waals surface area contributed by atoms with Gasteiger partial charge in [-0.15, -0.1) is 0 Å². The number of nitrogens with zero attached hydrogens (tertiary/aromatic N) is 1. The largest absolute Gasteiger partial charge is 0.444 e. The quantitative estimate of drug-likeness (QED) is 0.676. The summed E-state index contributed by atoms with van der Waals surface area (Å²) in [7, 11) is 0. The van der Waals surface area contributed by atoms with Crippen molar-refractivity contribution < 1.29 is 9.21 Å². The summed E-state index contributed by atoms with van der Waals surface area (Å²) in [6, 6.07) is 1.86. The maximum atomic E-state index is 11.6. The van der Waals surface area contributed by atoms with E-state index in [0.29, 0.717) is 24.2 Å². The van der Waals surface area contributed by atoms with E-state index in [0.717, 1.165) is 6.42 Å². The van der Waals surface area contributed by atoms with Crippen LogP contribution in [0.25, 0.3) is 0 Å². The number of fused-ring (bicyclic) bond motifs is 1. The van der Waals surface area contributed by atoms with Crippen molar-refractivity contribution in [2.24, 2.45) is 0 Å². The fourth-order valence-corrected chi connectivity index (χ4v) is 2.07. The second-order valence-corrected chi connectivity index (χ2v) is 3.77. The lowest BCUT2D eigenvalue weighted by Gasteiger charge is -2.14. The molecule has 0 saturated heterocycles. The summed E-state index contributed by atoms with van der Waals surface area (Å²) < 4.78 is 5.48. The third kappa shape index (κ3) is 1.43. The molecule has 0 atom stereocenters. The molecule has 1 aromatic rings. The van der Waals surface area contributed by atoms with E-state index in [1.54, 1.807) is 0 Å². The summed E-state index contributed by atoms with van der Waals surface area (Å²) in [4.78, 5) is 11.6. The fraction of sp³-hybridized carbons (Fsp3) is 0.300. The predicted octanol–water partition coefficient (Wildman–Crippen LogP) is 1.98. The van der Waals surface area contributed by atoms with Crippen LogP contribution in [0.4, 0.5) is 5.88 Å². The summed E-state index contributed by atoms with van der Waals surface area (Å²) in [5.74, 6) is 0.477. The van der Waals surface area contributed by atoms with Gasteiger partial charge in [-0.05, 0) is 6.42 Å². The zero-order chi connectivity index (χ0) is 11.0. The average molecular weight is 220 g/mol. The Morgan fingerprint density at radius 2 is 2.20 bits per heavy atom. The van der Waals surface area contributed by atoms with Crippen molar-refractivity contribution in [3.8, 4) is 6.07 Å². The first-order valence-corrected chi connectivity index (χ1v) is 4.94. The van der Waals surface area contributed by atoms with Gasteiger partial charge in [-0.2, -0.15) is 5.26 Å². The standard InChI is InChI=1S/C10H8N2O2S/c11-4-5-9(15)8-6(13)2-1-3-7(8)14-10(5)12/h1-3,12H2. The molecular weight excluding hydrogens is 212 g/mol. The van der Waals surface area contributed by atoms with E-state index in [4.69, 9.17) is 27.6 Å². The molecule has 1 aromatic heterocycles. The molecule has 0 aromatic carbocycles. The number of ketones is 1. The highest BCUT2D eigenvalue weighted by Gasteiger charge is 2.24. The Bertz CT molecular complexity index is 540. The number of nitrogens with two attached hydrogens (primary N) is 1. The fourth-order valence-electron chi connectivity index (χ4n) is 1.70. The van der Waals surface area contributed by atoms with Gasteiger partial charge in [0.25, 0.3) is 0 Å². The molecule has 0 amide bonds. The Hall–Kier alpha value is -1.67. The Morgan fingerprint density at radius 1 is 1.47 bits per heavy atom. The number of nitriles is 1. The van der Waals surface area contributed by atoms with Crippen LogP contribution >= 0.6 is 12.2 Å². The highest BCUT2D eigenvalue weighted by atomic mass is 32.1. The van der Waals surface area contributed by atoms with E-state index in [9.17, 15) is 4.79 Å². The lowest BCUT2D eigenvalue weighted by Crippen LogP contribution is -2.13. The second kappa shape index (κ2) is 3.48. The number of nitrogen functional groups attached to an aromatic ring is 1. The molecule has 0 unspecified atom stereocenters. The summed E-state index contributed by atoms with van der Waals surface area (Å²) in [6.07, 6.45) is 1.86. The van der Waals surface area contributed by atoms with Gasteiger partial charge in [0.1, 0.15) is 17.4 Å². The molecule has 4 nitrogen and oxygen atoms in total. The molecule has 76 valence electrons. The van der Waals surface area contributed by atoms with Crippen molar-refractivity contribution in [2.75, 3.05) is 5.73 Å². The molecule has 2 N–H and O–H groups in total. The van der Waals surface area contributed by atoms with E-state index in [1.807, 2.05) is 6.07 Å². The van der Waals surface area contributed by atoms with Gasteiger partial charge in [0, 0.05) is 12.8 Å². The minimum absolute atomic E-state index is 0.0101. The maximum absolute atomic E-state index is 11.6. The molecule has 0 fully saturated rings. The van der Waals surface area contributed by atoms with Crippen molar-refractivity contribution in [2.45, 2.75) is 19.3 Å². The van der Waals surface area contributed by atoms with Crippen molar-refractivity contribution >= 4 is 23.9 Å². The van der Waals surface area contributed by atoms with Gasteiger partial charge >= 0.3 is 0 Å². The summed E-state index contributed by atoms with van der Waals surface area (Å²) >= 11 is 5.06. The van der Waals surface area contributed by atoms with E-state index < -0.39 is 0 Å². The maximum Gasteiger partial charge on any atom is 0.209 e. The monoisotopic (exact) mass is 220 g/mol. The molecule has 5 heteroatoms. The van der Waals surface area contributed by atoms with Crippen LogP contribution in [0.15, 0.2) is 4.42 Å². The van der Waals surface area contributed by atoms with Gasteiger partial charge in [0.15, 0.2) is 5.78 Å². The number of anilines is 1. The molecule has 2 rings (SSSR count). The molecular formula is C10H8N2O2S. The Labute approximate surface area is 91.3 Å². The smallest absolute Gasteiger partial charge is 0.209 e. The zero-order valence-electron chi connectivity index (χ0n) is 7.87. The number of hydrogen-bond donors (Lipinski definition) is 1. The lowest BCUT2D eigenvalue weighted by molar-refractivity contribution is 0.0966. The van der Waals surface area contributed by atoms with Crippen LogP contribution in [0, 0.1) is 15.8 Å². The molecule has 0 aliphatic heterocycles. The number of aryl methyl sites for hydroxylation is 1. The van der Waals surface area contributed by atoms with Gasteiger partial charge in [-0.1, -0.05) is 12.2 Å². The first kappa shape index (κ1) is 9.87. The zero-order valence-corrected chi connectivity index (χ0v) is 8.69. The van der Waals surface area contributed by atoms with Crippen LogP contribution in [-0.2, 0) is 6.42 Å². The highest BCUT2D eigenvalue weighted by Crippen LogP contribution is 2.27. The Balaban J connectivity index is 2.81. The number of hydrogen-bond acceptors (Lipinski definition) is 5.